The fourth-order valence-corrected chi connectivity index (χ4v) is 0.619. The summed E-state index contributed by atoms with van der Waals surface area (Å²) in [5, 5.41) is 8.43. The van der Waals surface area contributed by atoms with Crippen LogP contribution in [0.2, 0.25) is 0 Å². The molecule has 5 heteroatoms. The molecule has 0 aromatic carbocycles. The molecule has 0 bridgehead atoms. The van der Waals surface area contributed by atoms with Gasteiger partial charge in [-0.1, -0.05) is 6.58 Å². The molecule has 0 saturated heterocycles. The van der Waals surface area contributed by atoms with Crippen molar-refractivity contribution in [3.8, 4) is 0 Å². The van der Waals surface area contributed by atoms with Crippen molar-refractivity contribution < 1.29 is 24.1 Å². The van der Waals surface area contributed by atoms with Gasteiger partial charge in [0.2, 0.25) is 0 Å². The highest BCUT2D eigenvalue weighted by Crippen LogP contribution is 1.91. The molecule has 0 aliphatic rings. The van der Waals surface area contributed by atoms with Gasteiger partial charge in [-0.05, 0) is 0 Å². The van der Waals surface area contributed by atoms with Gasteiger partial charge in [0.05, 0.1) is 38.6 Å². The molecule has 14 heavy (non-hydrogen) atoms. The second kappa shape index (κ2) is 8.68. The van der Waals surface area contributed by atoms with Crippen LogP contribution in [0.3, 0.4) is 0 Å². The molecule has 0 rings (SSSR count). The fourth-order valence-electron chi connectivity index (χ4n) is 0.619. The third-order valence-electron chi connectivity index (χ3n) is 1.38. The van der Waals surface area contributed by atoms with Crippen LogP contribution in [-0.4, -0.2) is 51.2 Å². The number of carboxylic acid groups (broad SMARTS) is 1. The lowest BCUT2D eigenvalue weighted by Crippen LogP contribution is -2.12. The molecule has 0 amide bonds. The fraction of sp³-hybridized carbons (Fsp3) is 0.667. The molecule has 0 fully saturated rings. The van der Waals surface area contributed by atoms with Gasteiger partial charge >= 0.3 is 5.97 Å². The zero-order valence-corrected chi connectivity index (χ0v) is 8.32. The molecule has 0 aromatic rings. The Labute approximate surface area is 83.3 Å². The van der Waals surface area contributed by atoms with Crippen LogP contribution in [0.25, 0.3) is 0 Å². The first kappa shape index (κ1) is 13.1. The maximum Gasteiger partial charge on any atom is 0.333 e. The van der Waals surface area contributed by atoms with Crippen LogP contribution < -0.4 is 0 Å². The van der Waals surface area contributed by atoms with E-state index in [1.807, 2.05) is 0 Å². The smallest absolute Gasteiger partial charge is 0.333 e. The quantitative estimate of drug-likeness (QED) is 0.432. The Morgan fingerprint density at radius 3 is 2.36 bits per heavy atom. The summed E-state index contributed by atoms with van der Waals surface area (Å²) >= 11 is 0. The van der Waals surface area contributed by atoms with Gasteiger partial charge in [-0.3, -0.25) is 0 Å². The van der Waals surface area contributed by atoms with Crippen molar-refractivity contribution in [1.82, 2.24) is 0 Å². The van der Waals surface area contributed by atoms with Gasteiger partial charge in [0.1, 0.15) is 0 Å². The monoisotopic (exact) mass is 204 g/mol. The third-order valence-corrected chi connectivity index (χ3v) is 1.38. The topological polar surface area (TPSA) is 65.0 Å². The number of ether oxygens (including phenoxy) is 3. The summed E-state index contributed by atoms with van der Waals surface area (Å²) in [4.78, 5) is 10.3. The van der Waals surface area contributed by atoms with Crippen LogP contribution in [0.1, 0.15) is 0 Å². The normalized spacial score (nSPS) is 10.1. The van der Waals surface area contributed by atoms with E-state index in [1.165, 1.54) is 0 Å². The van der Waals surface area contributed by atoms with E-state index >= 15 is 0 Å². The van der Waals surface area contributed by atoms with Gasteiger partial charge in [0.15, 0.2) is 0 Å². The van der Waals surface area contributed by atoms with Crippen molar-refractivity contribution >= 4 is 5.97 Å². The molecule has 1 N–H and O–H groups in total. The maximum atomic E-state index is 10.3. The summed E-state index contributed by atoms with van der Waals surface area (Å²) in [6, 6.07) is 0. The molecule has 0 aromatic heterocycles. The second-order valence-electron chi connectivity index (χ2n) is 2.57. The Morgan fingerprint density at radius 1 is 1.21 bits per heavy atom. The zero-order chi connectivity index (χ0) is 10.8. The van der Waals surface area contributed by atoms with Gasteiger partial charge in [-0.25, -0.2) is 4.79 Å². The maximum absolute atomic E-state index is 10.3. The Balaban J connectivity index is 3.13. The first-order valence-electron chi connectivity index (χ1n) is 4.24. The Morgan fingerprint density at radius 2 is 1.79 bits per heavy atom. The summed E-state index contributed by atoms with van der Waals surface area (Å²) in [6.07, 6.45) is 0. The molecule has 0 aliphatic carbocycles. The second-order valence-corrected chi connectivity index (χ2v) is 2.57. The van der Waals surface area contributed by atoms with Gasteiger partial charge in [-0.2, -0.15) is 0 Å². The van der Waals surface area contributed by atoms with Crippen LogP contribution in [0.5, 0.6) is 0 Å². The van der Waals surface area contributed by atoms with Gasteiger partial charge in [0.25, 0.3) is 0 Å². The minimum atomic E-state index is -1.04. The molecule has 82 valence electrons. The molecule has 0 spiro atoms. The van der Waals surface area contributed by atoms with Crippen LogP contribution in [0.15, 0.2) is 12.2 Å². The Hall–Kier alpha value is -0.910. The number of aliphatic carboxylic acids is 1. The van der Waals surface area contributed by atoms with E-state index in [0.29, 0.717) is 26.4 Å². The van der Waals surface area contributed by atoms with Gasteiger partial charge in [0, 0.05) is 7.11 Å². The van der Waals surface area contributed by atoms with Crippen molar-refractivity contribution in [1.29, 1.82) is 0 Å². The number of hydrogen-bond donors (Lipinski definition) is 1. The van der Waals surface area contributed by atoms with E-state index in [1.54, 1.807) is 7.11 Å². The first-order chi connectivity index (χ1) is 6.68. The van der Waals surface area contributed by atoms with Crippen molar-refractivity contribution in [3.05, 3.63) is 12.2 Å². The molecular weight excluding hydrogens is 188 g/mol. The largest absolute Gasteiger partial charge is 0.478 e. The van der Waals surface area contributed by atoms with Crippen molar-refractivity contribution in [2.24, 2.45) is 0 Å². The predicted octanol–water partition coefficient (Wildman–Crippen LogP) is 0.307. The highest BCUT2D eigenvalue weighted by Gasteiger charge is 2.02. The van der Waals surface area contributed by atoms with E-state index < -0.39 is 5.97 Å². The van der Waals surface area contributed by atoms with Crippen LogP contribution in [0.4, 0.5) is 0 Å². The lowest BCUT2D eigenvalue weighted by molar-refractivity contribution is -0.133. The van der Waals surface area contributed by atoms with E-state index in [9.17, 15) is 4.79 Å². The summed E-state index contributed by atoms with van der Waals surface area (Å²) < 4.78 is 14.8. The van der Waals surface area contributed by atoms with Crippen LogP contribution in [0, 0.1) is 0 Å². The van der Waals surface area contributed by atoms with Crippen LogP contribution in [-0.2, 0) is 19.0 Å². The highest BCUT2D eigenvalue weighted by atomic mass is 16.5. The lowest BCUT2D eigenvalue weighted by atomic mass is 10.3. The Bertz CT molecular complexity index is 178. The number of carboxylic acids is 1. The number of hydrogen-bond acceptors (Lipinski definition) is 4. The molecular formula is C9H16O5. The SMILES string of the molecule is C=C(COCCOCCOC)C(=O)O. The predicted molar refractivity (Wildman–Crippen MR) is 50.3 cm³/mol. The summed E-state index contributed by atoms with van der Waals surface area (Å²) in [5.41, 5.74) is 0.0434. The summed E-state index contributed by atoms with van der Waals surface area (Å²) in [5.74, 6) is -1.04. The number of rotatable bonds is 9. The number of carbonyl (C=O) groups is 1. The van der Waals surface area contributed by atoms with E-state index in [-0.39, 0.29) is 12.2 Å². The molecule has 0 unspecified atom stereocenters. The molecule has 0 atom stereocenters. The average Bonchev–Trinajstić information content (AvgIpc) is 2.16. The van der Waals surface area contributed by atoms with E-state index in [4.69, 9.17) is 19.3 Å². The van der Waals surface area contributed by atoms with Gasteiger partial charge < -0.3 is 19.3 Å². The summed E-state index contributed by atoms with van der Waals surface area (Å²) in [7, 11) is 1.59. The minimum Gasteiger partial charge on any atom is -0.478 e. The average molecular weight is 204 g/mol. The van der Waals surface area contributed by atoms with Crippen molar-refractivity contribution in [2.45, 2.75) is 0 Å². The number of methoxy groups -OCH3 is 1. The van der Waals surface area contributed by atoms with Crippen LogP contribution >= 0.6 is 0 Å². The van der Waals surface area contributed by atoms with Crippen molar-refractivity contribution in [3.63, 3.8) is 0 Å². The molecule has 0 saturated carbocycles. The lowest BCUT2D eigenvalue weighted by Gasteiger charge is -2.04. The van der Waals surface area contributed by atoms with Gasteiger partial charge in [-0.15, -0.1) is 0 Å². The standard InChI is InChI=1S/C9H16O5/c1-8(9(10)11)7-14-6-5-13-4-3-12-2/h1,3-7H2,2H3,(H,10,11). The molecule has 0 aliphatic heterocycles. The first-order valence-corrected chi connectivity index (χ1v) is 4.24. The molecule has 5 nitrogen and oxygen atoms in total. The van der Waals surface area contributed by atoms with Crippen molar-refractivity contribution in [2.75, 3.05) is 40.1 Å². The molecule has 0 radical (unpaired) electrons. The Kier molecular flexibility index (Phi) is 8.11. The third kappa shape index (κ3) is 7.72. The highest BCUT2D eigenvalue weighted by molar-refractivity contribution is 5.85. The molecule has 0 heterocycles. The summed E-state index contributed by atoms with van der Waals surface area (Å²) in [6.45, 7) is 5.19. The minimum absolute atomic E-state index is 0.0307. The van der Waals surface area contributed by atoms with E-state index in [0.717, 1.165) is 0 Å². The van der Waals surface area contributed by atoms with E-state index in [2.05, 4.69) is 6.58 Å². The zero-order valence-electron chi connectivity index (χ0n) is 8.32.